The molecular formula is C17H13N3O5S. The molecule has 0 aliphatic carbocycles. The minimum Gasteiger partial charge on any atom is -0.508 e. The second-order valence-electron chi connectivity index (χ2n) is 5.32. The molecule has 8 nitrogen and oxygen atoms in total. The average molecular weight is 371 g/mol. The Hall–Kier alpha value is -3.20. The lowest BCUT2D eigenvalue weighted by molar-refractivity contribution is -0.113. The number of phenols is 1. The summed E-state index contributed by atoms with van der Waals surface area (Å²) < 4.78 is 16.0. The fourth-order valence-corrected chi connectivity index (χ4v) is 2.85. The standard InChI is InChI=1S/C17H13N3O5S/c21-12-4-1-10(2-5-12)16-19-20-17(25-16)26-8-15(22)18-11-3-6-13-14(7-11)24-9-23-13/h1-7,21H,8-9H2,(H,18,22). The molecule has 0 fully saturated rings. The van der Waals surface area contributed by atoms with E-state index in [0.29, 0.717) is 28.6 Å². The molecule has 2 heterocycles. The summed E-state index contributed by atoms with van der Waals surface area (Å²) in [4.78, 5) is 12.1. The molecule has 4 rings (SSSR count). The molecule has 1 aromatic heterocycles. The zero-order chi connectivity index (χ0) is 17.9. The van der Waals surface area contributed by atoms with Crippen molar-refractivity contribution in [1.29, 1.82) is 0 Å². The predicted molar refractivity (Wildman–Crippen MR) is 93.3 cm³/mol. The van der Waals surface area contributed by atoms with Gasteiger partial charge in [0.15, 0.2) is 11.5 Å². The molecule has 0 spiro atoms. The highest BCUT2D eigenvalue weighted by Gasteiger charge is 2.15. The van der Waals surface area contributed by atoms with E-state index in [-0.39, 0.29) is 29.4 Å². The number of rotatable bonds is 5. The van der Waals surface area contributed by atoms with Crippen molar-refractivity contribution in [2.75, 3.05) is 17.9 Å². The molecule has 1 aliphatic heterocycles. The van der Waals surface area contributed by atoms with Crippen LogP contribution < -0.4 is 14.8 Å². The van der Waals surface area contributed by atoms with Crippen LogP contribution in [0.4, 0.5) is 5.69 Å². The van der Waals surface area contributed by atoms with Crippen LogP contribution in [0.25, 0.3) is 11.5 Å². The molecule has 0 radical (unpaired) electrons. The van der Waals surface area contributed by atoms with Gasteiger partial charge in [-0.1, -0.05) is 11.8 Å². The van der Waals surface area contributed by atoms with Gasteiger partial charge < -0.3 is 24.3 Å². The molecule has 1 amide bonds. The van der Waals surface area contributed by atoms with Crippen molar-refractivity contribution in [3.8, 4) is 28.7 Å². The lowest BCUT2D eigenvalue weighted by atomic mass is 10.2. The highest BCUT2D eigenvalue weighted by atomic mass is 32.2. The first-order chi connectivity index (χ1) is 12.7. The van der Waals surface area contributed by atoms with Crippen molar-refractivity contribution in [2.45, 2.75) is 5.22 Å². The van der Waals surface area contributed by atoms with E-state index in [0.717, 1.165) is 11.8 Å². The van der Waals surface area contributed by atoms with E-state index < -0.39 is 0 Å². The summed E-state index contributed by atoms with van der Waals surface area (Å²) in [5.74, 6) is 1.65. The van der Waals surface area contributed by atoms with E-state index in [4.69, 9.17) is 13.9 Å². The van der Waals surface area contributed by atoms with Crippen LogP contribution in [0, 0.1) is 0 Å². The first-order valence-corrected chi connectivity index (χ1v) is 8.61. The third-order valence-electron chi connectivity index (χ3n) is 3.50. The maximum atomic E-state index is 12.1. The normalized spacial score (nSPS) is 12.2. The van der Waals surface area contributed by atoms with E-state index in [1.54, 1.807) is 30.3 Å². The topological polar surface area (TPSA) is 107 Å². The number of phenolic OH excluding ortho intramolecular Hbond substituents is 1. The molecular weight excluding hydrogens is 358 g/mol. The molecule has 0 unspecified atom stereocenters. The fourth-order valence-electron chi connectivity index (χ4n) is 2.29. The van der Waals surface area contributed by atoms with E-state index in [9.17, 15) is 9.90 Å². The Kier molecular flexibility index (Phi) is 4.36. The summed E-state index contributed by atoms with van der Waals surface area (Å²) in [5, 5.41) is 20.2. The number of carbonyl (C=O) groups is 1. The Bertz CT molecular complexity index is 942. The van der Waals surface area contributed by atoms with Crippen molar-refractivity contribution in [3.05, 3.63) is 42.5 Å². The maximum absolute atomic E-state index is 12.1. The van der Waals surface area contributed by atoms with Gasteiger partial charge in [-0.3, -0.25) is 4.79 Å². The summed E-state index contributed by atoms with van der Waals surface area (Å²) in [7, 11) is 0. The number of amides is 1. The number of anilines is 1. The fraction of sp³-hybridized carbons (Fsp3) is 0.118. The second-order valence-corrected chi connectivity index (χ2v) is 6.25. The molecule has 1 aliphatic rings. The Morgan fingerprint density at radius 3 is 2.77 bits per heavy atom. The first-order valence-electron chi connectivity index (χ1n) is 7.62. The third kappa shape index (κ3) is 3.57. The Morgan fingerprint density at radius 1 is 1.12 bits per heavy atom. The monoisotopic (exact) mass is 371 g/mol. The van der Waals surface area contributed by atoms with Crippen LogP contribution in [-0.4, -0.2) is 33.8 Å². The molecule has 132 valence electrons. The zero-order valence-corrected chi connectivity index (χ0v) is 14.2. The van der Waals surface area contributed by atoms with Crippen molar-refractivity contribution >= 4 is 23.4 Å². The number of aromatic hydroxyl groups is 1. The summed E-state index contributed by atoms with van der Waals surface area (Å²) in [6.07, 6.45) is 0. The Morgan fingerprint density at radius 2 is 1.92 bits per heavy atom. The van der Waals surface area contributed by atoms with Crippen LogP contribution >= 0.6 is 11.8 Å². The molecule has 0 saturated carbocycles. The molecule has 26 heavy (non-hydrogen) atoms. The largest absolute Gasteiger partial charge is 0.508 e. The number of aromatic nitrogens is 2. The van der Waals surface area contributed by atoms with Gasteiger partial charge in [-0.15, -0.1) is 10.2 Å². The third-order valence-corrected chi connectivity index (χ3v) is 4.32. The lowest BCUT2D eigenvalue weighted by Crippen LogP contribution is -2.13. The zero-order valence-electron chi connectivity index (χ0n) is 13.3. The maximum Gasteiger partial charge on any atom is 0.277 e. The Balaban J connectivity index is 1.34. The molecule has 2 aromatic carbocycles. The molecule has 3 aromatic rings. The van der Waals surface area contributed by atoms with E-state index in [1.165, 1.54) is 12.1 Å². The minimum absolute atomic E-state index is 0.117. The lowest BCUT2D eigenvalue weighted by Gasteiger charge is -2.05. The number of nitrogens with zero attached hydrogens (tertiary/aromatic N) is 2. The smallest absolute Gasteiger partial charge is 0.277 e. The van der Waals surface area contributed by atoms with Crippen molar-refractivity contribution < 1.29 is 23.8 Å². The SMILES string of the molecule is O=C(CSc1nnc(-c2ccc(O)cc2)o1)Nc1ccc2c(c1)OCO2. The molecule has 0 atom stereocenters. The number of carbonyl (C=O) groups excluding carboxylic acids is 1. The number of benzene rings is 2. The van der Waals surface area contributed by atoms with E-state index in [1.807, 2.05) is 0 Å². The van der Waals surface area contributed by atoms with Gasteiger partial charge in [-0.05, 0) is 36.4 Å². The van der Waals surface area contributed by atoms with Gasteiger partial charge in [0, 0.05) is 17.3 Å². The van der Waals surface area contributed by atoms with Crippen LogP contribution in [-0.2, 0) is 4.79 Å². The molecule has 9 heteroatoms. The number of fused-ring (bicyclic) bond motifs is 1. The van der Waals surface area contributed by atoms with Crippen molar-refractivity contribution in [2.24, 2.45) is 0 Å². The summed E-state index contributed by atoms with van der Waals surface area (Å²) in [6.45, 7) is 0.184. The van der Waals surface area contributed by atoms with Crippen LogP contribution in [0.3, 0.4) is 0 Å². The summed E-state index contributed by atoms with van der Waals surface area (Å²) in [6, 6.07) is 11.6. The predicted octanol–water partition coefficient (Wildman–Crippen LogP) is 2.90. The first kappa shape index (κ1) is 16.3. The molecule has 0 bridgehead atoms. The van der Waals surface area contributed by atoms with Gasteiger partial charge in [-0.2, -0.15) is 0 Å². The second kappa shape index (κ2) is 6.96. The number of nitrogens with one attached hydrogen (secondary N) is 1. The van der Waals surface area contributed by atoms with E-state index >= 15 is 0 Å². The number of hydrogen-bond acceptors (Lipinski definition) is 8. The van der Waals surface area contributed by atoms with Crippen molar-refractivity contribution in [3.63, 3.8) is 0 Å². The van der Waals surface area contributed by atoms with Gasteiger partial charge in [0.05, 0.1) is 5.75 Å². The quantitative estimate of drug-likeness (QED) is 0.660. The minimum atomic E-state index is -0.210. The summed E-state index contributed by atoms with van der Waals surface area (Å²) >= 11 is 1.13. The van der Waals surface area contributed by atoms with Gasteiger partial charge in [0.2, 0.25) is 18.6 Å². The number of hydrogen-bond donors (Lipinski definition) is 2. The Labute approximate surface area is 152 Å². The summed E-state index contributed by atoms with van der Waals surface area (Å²) in [5.41, 5.74) is 1.31. The van der Waals surface area contributed by atoms with Gasteiger partial charge in [0.1, 0.15) is 5.75 Å². The van der Waals surface area contributed by atoms with Gasteiger partial charge in [0.25, 0.3) is 5.22 Å². The molecule has 0 saturated heterocycles. The van der Waals surface area contributed by atoms with Gasteiger partial charge >= 0.3 is 0 Å². The van der Waals surface area contributed by atoms with Crippen LogP contribution in [0.5, 0.6) is 17.2 Å². The number of thioether (sulfide) groups is 1. The van der Waals surface area contributed by atoms with Crippen LogP contribution in [0.15, 0.2) is 52.1 Å². The van der Waals surface area contributed by atoms with Crippen LogP contribution in [0.1, 0.15) is 0 Å². The highest BCUT2D eigenvalue weighted by molar-refractivity contribution is 7.99. The highest BCUT2D eigenvalue weighted by Crippen LogP contribution is 2.34. The van der Waals surface area contributed by atoms with Crippen LogP contribution in [0.2, 0.25) is 0 Å². The number of ether oxygens (including phenoxy) is 2. The molecule has 2 N–H and O–H groups in total. The average Bonchev–Trinajstić information content (AvgIpc) is 3.29. The van der Waals surface area contributed by atoms with E-state index in [2.05, 4.69) is 15.5 Å². The van der Waals surface area contributed by atoms with Gasteiger partial charge in [-0.25, -0.2) is 0 Å². The van der Waals surface area contributed by atoms with Crippen molar-refractivity contribution in [1.82, 2.24) is 10.2 Å².